The number of ether oxygens (including phenoxy) is 1. The first-order chi connectivity index (χ1) is 22.0. The zero-order valence-corrected chi connectivity index (χ0v) is 27.0. The molecule has 0 saturated carbocycles. The van der Waals surface area contributed by atoms with Crippen LogP contribution in [0.25, 0.3) is 17.1 Å². The van der Waals surface area contributed by atoms with Gasteiger partial charge in [0.2, 0.25) is 0 Å². The Labute approximate surface area is 271 Å². The van der Waals surface area contributed by atoms with E-state index in [1.54, 1.807) is 11.8 Å². The minimum absolute atomic E-state index is 0.222. The van der Waals surface area contributed by atoms with Crippen LogP contribution in [0.1, 0.15) is 62.8 Å². The lowest BCUT2D eigenvalue weighted by atomic mass is 10.0. The highest BCUT2D eigenvalue weighted by Gasteiger charge is 2.31. The molecule has 2 atom stereocenters. The van der Waals surface area contributed by atoms with Crippen molar-refractivity contribution in [2.45, 2.75) is 71.8 Å². The number of nitrogens with one attached hydrogen (secondary N) is 1. The van der Waals surface area contributed by atoms with E-state index in [4.69, 9.17) is 0 Å². The van der Waals surface area contributed by atoms with Crippen LogP contribution in [0.2, 0.25) is 0 Å². The van der Waals surface area contributed by atoms with Crippen molar-refractivity contribution in [1.29, 1.82) is 0 Å². The predicted octanol–water partition coefficient (Wildman–Crippen LogP) is 8.64. The highest BCUT2D eigenvalue weighted by atomic mass is 32.2. The van der Waals surface area contributed by atoms with E-state index in [0.29, 0.717) is 23.1 Å². The van der Waals surface area contributed by atoms with Crippen molar-refractivity contribution in [3.05, 3.63) is 89.7 Å². The molecule has 1 aromatic heterocycles. The van der Waals surface area contributed by atoms with Gasteiger partial charge in [-0.05, 0) is 80.1 Å². The molecule has 46 heavy (non-hydrogen) atoms. The van der Waals surface area contributed by atoms with Gasteiger partial charge < -0.3 is 15.0 Å². The maximum Gasteiger partial charge on any atom is 0.573 e. The fourth-order valence-corrected chi connectivity index (χ4v) is 6.59. The lowest BCUT2D eigenvalue weighted by molar-refractivity contribution is -0.274. The number of hydrogen-bond donors (Lipinski definition) is 1. The number of carbonyl (C=O) groups excluding carboxylic acids is 1. The molecule has 1 saturated heterocycles. The number of anilines is 1. The van der Waals surface area contributed by atoms with Crippen LogP contribution >= 0.6 is 11.8 Å². The summed E-state index contributed by atoms with van der Waals surface area (Å²) in [5, 5.41) is 8.28. The Morgan fingerprint density at radius 3 is 2.52 bits per heavy atom. The Morgan fingerprint density at radius 2 is 1.85 bits per heavy atom. The van der Waals surface area contributed by atoms with Crippen molar-refractivity contribution in [1.82, 2.24) is 20.1 Å². The van der Waals surface area contributed by atoms with Gasteiger partial charge in [-0.2, -0.15) is 4.99 Å². The summed E-state index contributed by atoms with van der Waals surface area (Å²) in [4.78, 5) is 24.5. The van der Waals surface area contributed by atoms with Crippen LogP contribution < -0.4 is 15.0 Å². The van der Waals surface area contributed by atoms with Crippen LogP contribution in [0.4, 0.5) is 23.7 Å². The number of aliphatic imine (C=N–C) groups is 1. The van der Waals surface area contributed by atoms with E-state index in [-0.39, 0.29) is 23.9 Å². The molecule has 2 amide bonds. The van der Waals surface area contributed by atoms with Gasteiger partial charge in [0.05, 0.1) is 11.7 Å². The van der Waals surface area contributed by atoms with E-state index in [0.717, 1.165) is 41.8 Å². The smallest absolute Gasteiger partial charge is 0.406 e. The zero-order chi connectivity index (χ0) is 32.8. The molecule has 2 heterocycles. The predicted molar refractivity (Wildman–Crippen MR) is 177 cm³/mol. The summed E-state index contributed by atoms with van der Waals surface area (Å²) in [7, 11) is 0. The van der Waals surface area contributed by atoms with Crippen LogP contribution in [0.15, 0.2) is 78.0 Å². The minimum Gasteiger partial charge on any atom is -0.406 e. The average Bonchev–Trinajstić information content (AvgIpc) is 3.51. The monoisotopic (exact) mass is 650 g/mol. The van der Waals surface area contributed by atoms with Crippen molar-refractivity contribution >= 4 is 28.6 Å². The standard InChI is InChI=1S/C34H37F3N6O2S/c1-5-7-25-9-8-22(3)20-30(25)43-23(4)18-19-46-33(43)40-32(44)39-29(6-2)24-10-12-26(13-11-24)31-38-21-42(41-31)27-14-16-28(17-15-27)45-34(35,36)37/h8-17,20-21,23,29H,5-7,18-19H2,1-4H3,(H,39,44)/b40-33-. The third kappa shape index (κ3) is 8.09. The number of alkyl halides is 3. The van der Waals surface area contributed by atoms with Gasteiger partial charge in [-0.3, -0.25) is 0 Å². The third-order valence-corrected chi connectivity index (χ3v) is 8.72. The van der Waals surface area contributed by atoms with Crippen LogP contribution in [0, 0.1) is 6.92 Å². The summed E-state index contributed by atoms with van der Waals surface area (Å²) in [6.45, 7) is 8.45. The van der Waals surface area contributed by atoms with Crippen LogP contribution in [-0.2, 0) is 6.42 Å². The second-order valence-electron chi connectivity index (χ2n) is 11.2. The van der Waals surface area contributed by atoms with Gasteiger partial charge >= 0.3 is 12.4 Å². The van der Waals surface area contributed by atoms with Crippen molar-refractivity contribution in [3.63, 3.8) is 0 Å². The lowest BCUT2D eigenvalue weighted by Gasteiger charge is -2.37. The molecule has 0 radical (unpaired) electrons. The summed E-state index contributed by atoms with van der Waals surface area (Å²) in [5.74, 6) is 1.04. The second-order valence-corrected chi connectivity index (χ2v) is 12.3. The van der Waals surface area contributed by atoms with E-state index in [2.05, 4.69) is 69.0 Å². The van der Waals surface area contributed by atoms with Crippen molar-refractivity contribution < 1.29 is 22.7 Å². The second kappa shape index (κ2) is 14.4. The maximum absolute atomic E-state index is 13.3. The van der Waals surface area contributed by atoms with E-state index < -0.39 is 6.36 Å². The van der Waals surface area contributed by atoms with Gasteiger partial charge in [0.15, 0.2) is 11.0 Å². The summed E-state index contributed by atoms with van der Waals surface area (Å²) in [6, 6.07) is 19.1. The number of halogens is 3. The van der Waals surface area contributed by atoms with E-state index in [9.17, 15) is 18.0 Å². The quantitative estimate of drug-likeness (QED) is 0.195. The number of rotatable bonds is 9. The SMILES string of the molecule is CCCc1ccc(C)cc1N1/C(=N/C(=O)NC(CC)c2ccc(-c3ncn(-c4ccc(OC(F)(F)F)cc4)n3)cc2)SCCC1C. The normalized spacial score (nSPS) is 16.8. The van der Waals surface area contributed by atoms with Gasteiger partial charge in [-0.25, -0.2) is 14.5 Å². The summed E-state index contributed by atoms with van der Waals surface area (Å²) >= 11 is 1.61. The average molecular weight is 651 g/mol. The number of urea groups is 1. The maximum atomic E-state index is 13.3. The molecule has 4 aromatic rings. The van der Waals surface area contributed by atoms with Crippen molar-refractivity contribution in [2.75, 3.05) is 10.7 Å². The van der Waals surface area contributed by atoms with Gasteiger partial charge in [0.25, 0.3) is 0 Å². The Morgan fingerprint density at radius 1 is 1.11 bits per heavy atom. The topological polar surface area (TPSA) is 84.6 Å². The van der Waals surface area contributed by atoms with Crippen molar-refractivity contribution in [3.8, 4) is 22.8 Å². The number of thioether (sulfide) groups is 1. The van der Waals surface area contributed by atoms with Crippen LogP contribution in [0.3, 0.4) is 0 Å². The molecular weight excluding hydrogens is 613 g/mol. The first-order valence-corrected chi connectivity index (χ1v) is 16.3. The Kier molecular flexibility index (Phi) is 10.4. The van der Waals surface area contributed by atoms with Crippen molar-refractivity contribution in [2.24, 2.45) is 4.99 Å². The molecule has 2 unspecified atom stereocenters. The number of nitrogens with zero attached hydrogens (tertiary/aromatic N) is 5. The Bertz CT molecular complexity index is 1670. The summed E-state index contributed by atoms with van der Waals surface area (Å²) < 4.78 is 42.8. The van der Waals surface area contributed by atoms with Crippen LogP contribution in [-0.4, -0.2) is 44.1 Å². The third-order valence-electron chi connectivity index (χ3n) is 7.73. The molecular formula is C34H37F3N6O2S. The molecule has 0 bridgehead atoms. The number of amides is 2. The Hall–Kier alpha value is -4.32. The number of carbonyl (C=O) groups is 1. The van der Waals surface area contributed by atoms with E-state index >= 15 is 0 Å². The van der Waals surface area contributed by atoms with Gasteiger partial charge in [-0.1, -0.05) is 68.4 Å². The van der Waals surface area contributed by atoms with Gasteiger partial charge in [0.1, 0.15) is 12.1 Å². The number of amidine groups is 1. The largest absolute Gasteiger partial charge is 0.573 e. The first-order valence-electron chi connectivity index (χ1n) is 15.3. The summed E-state index contributed by atoms with van der Waals surface area (Å²) in [5.41, 5.74) is 5.77. The number of aromatic nitrogens is 3. The zero-order valence-electron chi connectivity index (χ0n) is 26.2. The molecule has 8 nitrogen and oxygen atoms in total. The van der Waals surface area contributed by atoms with E-state index in [1.807, 2.05) is 31.2 Å². The fraction of sp³-hybridized carbons (Fsp3) is 0.353. The molecule has 0 spiro atoms. The molecule has 5 rings (SSSR count). The molecule has 1 aliphatic heterocycles. The highest BCUT2D eigenvalue weighted by Crippen LogP contribution is 2.33. The first kappa shape index (κ1) is 33.1. The molecule has 1 fully saturated rings. The van der Waals surface area contributed by atoms with Gasteiger partial charge in [0, 0.05) is 23.0 Å². The number of aryl methyl sites for hydroxylation is 2. The molecule has 1 N–H and O–H groups in total. The minimum atomic E-state index is -4.75. The van der Waals surface area contributed by atoms with E-state index in [1.165, 1.54) is 46.4 Å². The lowest BCUT2D eigenvalue weighted by Crippen LogP contribution is -2.43. The Balaban J connectivity index is 1.28. The molecule has 12 heteroatoms. The van der Waals surface area contributed by atoms with Gasteiger partial charge in [-0.15, -0.1) is 18.3 Å². The fourth-order valence-electron chi connectivity index (χ4n) is 5.39. The number of hydrogen-bond acceptors (Lipinski definition) is 5. The highest BCUT2D eigenvalue weighted by molar-refractivity contribution is 8.14. The molecule has 242 valence electrons. The molecule has 1 aliphatic rings. The number of benzene rings is 3. The van der Waals surface area contributed by atoms with Crippen LogP contribution in [0.5, 0.6) is 5.75 Å². The molecule has 3 aromatic carbocycles. The summed E-state index contributed by atoms with van der Waals surface area (Å²) in [6.07, 6.45) is 0.405. The molecule has 0 aliphatic carbocycles.